The zero-order chi connectivity index (χ0) is 21.3. The van der Waals surface area contributed by atoms with Crippen molar-refractivity contribution >= 4 is 40.9 Å². The van der Waals surface area contributed by atoms with E-state index in [9.17, 15) is 14.4 Å². The Morgan fingerprint density at radius 3 is 2.48 bits per heavy atom. The summed E-state index contributed by atoms with van der Waals surface area (Å²) >= 11 is 12.8. The van der Waals surface area contributed by atoms with E-state index in [1.54, 1.807) is 39.0 Å². The van der Waals surface area contributed by atoms with Crippen molar-refractivity contribution < 1.29 is 18.9 Å². The summed E-state index contributed by atoms with van der Waals surface area (Å²) in [6, 6.07) is 5.06. The second-order valence-electron chi connectivity index (χ2n) is 7.61. The van der Waals surface area contributed by atoms with E-state index in [0.29, 0.717) is 39.0 Å². The fraction of sp³-hybridized carbons (Fsp3) is 0.400. The molecule has 0 spiro atoms. The summed E-state index contributed by atoms with van der Waals surface area (Å²) in [7, 11) is 0. The Labute approximate surface area is 178 Å². The van der Waals surface area contributed by atoms with Crippen molar-refractivity contribution in [2.45, 2.75) is 51.5 Å². The van der Waals surface area contributed by atoms with Crippen LogP contribution < -0.4 is 10.6 Å². The number of halogens is 2. The molecular formula is C20H21Cl2N3O4. The van der Waals surface area contributed by atoms with Crippen molar-refractivity contribution in [1.29, 1.82) is 0 Å². The molecule has 7 nitrogen and oxygen atoms in total. The molecule has 154 valence electrons. The molecule has 1 fully saturated rings. The molecule has 1 aromatic heterocycles. The van der Waals surface area contributed by atoms with E-state index in [4.69, 9.17) is 27.7 Å². The number of hydrogen-bond acceptors (Lipinski definition) is 5. The Morgan fingerprint density at radius 1 is 1.28 bits per heavy atom. The average molecular weight is 438 g/mol. The maximum atomic E-state index is 12.7. The zero-order valence-electron chi connectivity index (χ0n) is 16.3. The molecule has 2 heterocycles. The van der Waals surface area contributed by atoms with E-state index < -0.39 is 17.2 Å². The van der Waals surface area contributed by atoms with Crippen molar-refractivity contribution in [2.24, 2.45) is 0 Å². The van der Waals surface area contributed by atoms with Gasteiger partial charge in [0.1, 0.15) is 5.76 Å². The molecule has 2 N–H and O–H groups in total. The number of aromatic nitrogens is 1. The highest BCUT2D eigenvalue weighted by Gasteiger charge is 2.33. The fourth-order valence-electron chi connectivity index (χ4n) is 3.22. The third-order valence-corrected chi connectivity index (χ3v) is 5.64. The first-order chi connectivity index (χ1) is 13.6. The van der Waals surface area contributed by atoms with Gasteiger partial charge in [-0.3, -0.25) is 19.7 Å². The quantitative estimate of drug-likeness (QED) is 0.697. The number of benzene rings is 1. The highest BCUT2D eigenvalue weighted by Crippen LogP contribution is 2.37. The lowest BCUT2D eigenvalue weighted by atomic mass is 9.88. The Kier molecular flexibility index (Phi) is 6.00. The third kappa shape index (κ3) is 4.46. The van der Waals surface area contributed by atoms with Gasteiger partial charge in [0, 0.05) is 34.6 Å². The molecule has 2 aromatic rings. The van der Waals surface area contributed by atoms with Gasteiger partial charge < -0.3 is 9.84 Å². The van der Waals surface area contributed by atoms with E-state index in [1.165, 1.54) is 0 Å². The molecule has 29 heavy (non-hydrogen) atoms. The number of piperidine rings is 1. The average Bonchev–Trinajstić information content (AvgIpc) is 3.08. The summed E-state index contributed by atoms with van der Waals surface area (Å²) in [6.07, 6.45) is 0.586. The molecule has 1 aliphatic heterocycles. The number of rotatable bonds is 5. The van der Waals surface area contributed by atoms with Crippen molar-refractivity contribution in [3.63, 3.8) is 0 Å². The van der Waals surface area contributed by atoms with Crippen LogP contribution in [-0.4, -0.2) is 22.9 Å². The first-order valence-electron chi connectivity index (χ1n) is 9.13. The van der Waals surface area contributed by atoms with Gasteiger partial charge in [-0.2, -0.15) is 0 Å². The Balaban J connectivity index is 1.73. The smallest absolute Gasteiger partial charge is 0.234 e. The summed E-state index contributed by atoms with van der Waals surface area (Å²) < 4.78 is 5.06. The van der Waals surface area contributed by atoms with Crippen LogP contribution in [0.2, 0.25) is 10.0 Å². The Hall–Kier alpha value is -2.38. The zero-order valence-corrected chi connectivity index (χ0v) is 17.8. The lowest BCUT2D eigenvalue weighted by Crippen LogP contribution is -2.40. The minimum absolute atomic E-state index is 0.203. The molecule has 9 heteroatoms. The van der Waals surface area contributed by atoms with Crippen molar-refractivity contribution in [3.8, 4) is 0 Å². The molecule has 0 radical (unpaired) electrons. The molecule has 1 aliphatic rings. The lowest BCUT2D eigenvalue weighted by molar-refractivity contribution is -0.134. The predicted molar refractivity (Wildman–Crippen MR) is 108 cm³/mol. The Morgan fingerprint density at radius 2 is 1.93 bits per heavy atom. The topological polar surface area (TPSA) is 101 Å². The van der Waals surface area contributed by atoms with Crippen LogP contribution in [0.15, 0.2) is 22.7 Å². The van der Waals surface area contributed by atoms with Crippen LogP contribution in [-0.2, 0) is 26.3 Å². The fourth-order valence-corrected chi connectivity index (χ4v) is 4.02. The van der Waals surface area contributed by atoms with Gasteiger partial charge in [-0.15, -0.1) is 0 Å². The molecule has 3 rings (SSSR count). The van der Waals surface area contributed by atoms with Gasteiger partial charge in [-0.05, 0) is 44.9 Å². The van der Waals surface area contributed by atoms with E-state index in [2.05, 4.69) is 15.8 Å². The predicted octanol–water partition coefficient (Wildman–Crippen LogP) is 3.40. The molecule has 1 unspecified atom stereocenters. The number of hydrogen-bond donors (Lipinski definition) is 2. The normalized spacial score (nSPS) is 17.2. The van der Waals surface area contributed by atoms with E-state index in [-0.39, 0.29) is 24.8 Å². The highest BCUT2D eigenvalue weighted by molar-refractivity contribution is 6.36. The monoisotopic (exact) mass is 437 g/mol. The SMILES string of the molecule is Cc1cc(C(C)(C)C(=O)NCc2cc(Cl)c(C3CCC(=O)NC3=O)c(Cl)c2)no1. The van der Waals surface area contributed by atoms with Crippen LogP contribution in [0.25, 0.3) is 0 Å². The molecule has 1 saturated heterocycles. The summed E-state index contributed by atoms with van der Waals surface area (Å²) in [5.74, 6) is -0.889. The number of carbonyl (C=O) groups is 3. The number of carbonyl (C=O) groups excluding carboxylic acids is 3. The molecular weight excluding hydrogens is 417 g/mol. The highest BCUT2D eigenvalue weighted by atomic mass is 35.5. The van der Waals surface area contributed by atoms with E-state index in [0.717, 1.165) is 0 Å². The second-order valence-corrected chi connectivity index (χ2v) is 8.42. The van der Waals surface area contributed by atoms with Gasteiger partial charge in [0.05, 0.1) is 17.0 Å². The van der Waals surface area contributed by atoms with Crippen LogP contribution >= 0.6 is 23.2 Å². The van der Waals surface area contributed by atoms with Gasteiger partial charge in [-0.25, -0.2) is 0 Å². The number of nitrogens with zero attached hydrogens (tertiary/aromatic N) is 1. The largest absolute Gasteiger partial charge is 0.361 e. The summed E-state index contributed by atoms with van der Waals surface area (Å²) in [5, 5.41) is 9.73. The lowest BCUT2D eigenvalue weighted by Gasteiger charge is -2.24. The Bertz CT molecular complexity index is 961. The third-order valence-electron chi connectivity index (χ3n) is 5.02. The van der Waals surface area contributed by atoms with Crippen molar-refractivity contribution in [1.82, 2.24) is 15.8 Å². The van der Waals surface area contributed by atoms with Gasteiger partial charge in [0.25, 0.3) is 0 Å². The van der Waals surface area contributed by atoms with E-state index in [1.807, 2.05) is 0 Å². The molecule has 0 saturated carbocycles. The van der Waals surface area contributed by atoms with Crippen molar-refractivity contribution in [3.05, 3.63) is 50.8 Å². The number of nitrogens with one attached hydrogen (secondary N) is 2. The van der Waals surface area contributed by atoms with Gasteiger partial charge in [0.2, 0.25) is 17.7 Å². The van der Waals surface area contributed by atoms with E-state index >= 15 is 0 Å². The number of imide groups is 1. The molecule has 1 aromatic carbocycles. The van der Waals surface area contributed by atoms with Gasteiger partial charge in [0.15, 0.2) is 0 Å². The minimum atomic E-state index is -0.877. The summed E-state index contributed by atoms with van der Waals surface area (Å²) in [6.45, 7) is 5.48. The minimum Gasteiger partial charge on any atom is -0.361 e. The first kappa shape index (κ1) is 21.3. The summed E-state index contributed by atoms with van der Waals surface area (Å²) in [5.41, 5.74) is 0.845. The van der Waals surface area contributed by atoms with Crippen LogP contribution in [0.5, 0.6) is 0 Å². The maximum Gasteiger partial charge on any atom is 0.234 e. The van der Waals surface area contributed by atoms with Crippen LogP contribution in [0.1, 0.15) is 55.2 Å². The molecule has 0 bridgehead atoms. The second kappa shape index (κ2) is 8.16. The van der Waals surface area contributed by atoms with Gasteiger partial charge in [-0.1, -0.05) is 28.4 Å². The molecule has 1 atom stereocenters. The van der Waals surface area contributed by atoms with Crippen LogP contribution in [0.3, 0.4) is 0 Å². The molecule has 3 amide bonds. The van der Waals surface area contributed by atoms with Crippen LogP contribution in [0.4, 0.5) is 0 Å². The summed E-state index contributed by atoms with van der Waals surface area (Å²) in [4.78, 5) is 36.2. The number of amides is 3. The standard InChI is InChI=1S/C20H21Cl2N3O4/c1-10-6-15(25-29-10)20(2,3)19(28)23-9-11-7-13(21)17(14(22)8-11)12-4-5-16(26)24-18(12)27/h6-8,12H,4-5,9H2,1-3H3,(H,23,28)(H,24,26,27). The number of aryl methyl sites for hydroxylation is 1. The molecule has 0 aliphatic carbocycles. The maximum absolute atomic E-state index is 12.7. The van der Waals surface area contributed by atoms with Crippen LogP contribution in [0, 0.1) is 6.92 Å². The first-order valence-corrected chi connectivity index (χ1v) is 9.88. The van der Waals surface area contributed by atoms with Gasteiger partial charge >= 0.3 is 0 Å². The van der Waals surface area contributed by atoms with Crippen molar-refractivity contribution in [2.75, 3.05) is 0 Å².